The number of hydrogen-bond donors (Lipinski definition) is 0. The van der Waals surface area contributed by atoms with Crippen molar-refractivity contribution in [1.82, 2.24) is 19.9 Å². The van der Waals surface area contributed by atoms with E-state index in [1.54, 1.807) is 0 Å². The molecule has 0 amide bonds. The molecule has 9 aromatic rings. The molecule has 1 aliphatic rings. The maximum absolute atomic E-state index is 5.26. The van der Waals surface area contributed by atoms with Crippen LogP contribution in [0.5, 0.6) is 0 Å². The smallest absolute Gasteiger partial charge is 0.0788 e. The molecule has 202 valence electrons. The predicted octanol–water partition coefficient (Wildman–Crippen LogP) is 10.0. The fourth-order valence-corrected chi connectivity index (χ4v) is 7.12. The van der Waals surface area contributed by atoms with Gasteiger partial charge in [0, 0.05) is 55.8 Å². The number of benzene rings is 5. The SMILES string of the molecule is c1ccc2c(c1)-c1cccc3nc(-c4cc5c(cc(-c6ccc7ccccc7n6)c6cccnc65)c5ncccc45)cc-2c13. The van der Waals surface area contributed by atoms with Crippen LogP contribution in [-0.4, -0.2) is 19.9 Å². The molecular weight excluding hydrogens is 536 g/mol. The molecule has 4 heteroatoms. The predicted molar refractivity (Wildman–Crippen MR) is 180 cm³/mol. The molecule has 4 heterocycles. The van der Waals surface area contributed by atoms with Gasteiger partial charge in [-0.25, -0.2) is 9.97 Å². The van der Waals surface area contributed by atoms with E-state index in [0.29, 0.717) is 0 Å². The number of rotatable bonds is 2. The van der Waals surface area contributed by atoms with Crippen molar-refractivity contribution in [2.45, 2.75) is 0 Å². The van der Waals surface area contributed by atoms with E-state index in [1.165, 1.54) is 27.6 Å². The molecule has 0 fully saturated rings. The number of hydrogen-bond acceptors (Lipinski definition) is 4. The summed E-state index contributed by atoms with van der Waals surface area (Å²) in [5.41, 5.74) is 12.8. The number of nitrogens with zero attached hydrogens (tertiary/aromatic N) is 4. The van der Waals surface area contributed by atoms with Gasteiger partial charge in [0.15, 0.2) is 0 Å². The summed E-state index contributed by atoms with van der Waals surface area (Å²) in [5, 5.41) is 6.58. The lowest BCUT2D eigenvalue weighted by Gasteiger charge is -2.15. The van der Waals surface area contributed by atoms with Crippen molar-refractivity contribution in [2.24, 2.45) is 0 Å². The summed E-state index contributed by atoms with van der Waals surface area (Å²) in [5.74, 6) is 0. The van der Waals surface area contributed by atoms with Crippen molar-refractivity contribution in [1.29, 1.82) is 0 Å². The molecule has 10 rings (SSSR count). The molecule has 0 N–H and O–H groups in total. The summed E-state index contributed by atoms with van der Waals surface area (Å²) in [4.78, 5) is 20.2. The van der Waals surface area contributed by atoms with E-state index in [4.69, 9.17) is 19.9 Å². The molecule has 5 aromatic carbocycles. The molecule has 44 heavy (non-hydrogen) atoms. The van der Waals surface area contributed by atoms with Crippen molar-refractivity contribution in [2.75, 3.05) is 0 Å². The molecule has 0 saturated heterocycles. The van der Waals surface area contributed by atoms with Crippen LogP contribution < -0.4 is 0 Å². The van der Waals surface area contributed by atoms with Crippen LogP contribution in [0, 0.1) is 0 Å². The third-order valence-electron chi connectivity index (χ3n) is 9.07. The standard InChI is InChI=1S/C40H22N4/c1-4-14-34-23(8-1)16-17-35(43-34)29-20-32-33(39-27(29)12-6-18-41-39)21-30(28-13-7-19-42-40(28)32)37-22-31-25-10-3-2-9-24(25)26-11-5-15-36(44-37)38(26)31/h1-22H. The summed E-state index contributed by atoms with van der Waals surface area (Å²) in [7, 11) is 0. The third-order valence-corrected chi connectivity index (χ3v) is 9.07. The second kappa shape index (κ2) is 8.76. The molecule has 0 aliphatic heterocycles. The van der Waals surface area contributed by atoms with Gasteiger partial charge in [-0.3, -0.25) is 9.97 Å². The van der Waals surface area contributed by atoms with Crippen LogP contribution in [0.4, 0.5) is 0 Å². The lowest BCUT2D eigenvalue weighted by atomic mass is 9.92. The molecule has 0 unspecified atom stereocenters. The van der Waals surface area contributed by atoms with Gasteiger partial charge in [0.05, 0.1) is 33.5 Å². The van der Waals surface area contributed by atoms with Gasteiger partial charge in [0.2, 0.25) is 0 Å². The van der Waals surface area contributed by atoms with E-state index in [-0.39, 0.29) is 0 Å². The summed E-state index contributed by atoms with van der Waals surface area (Å²) in [6, 6.07) is 42.6. The Morgan fingerprint density at radius 1 is 0.364 bits per heavy atom. The van der Waals surface area contributed by atoms with Crippen molar-refractivity contribution >= 4 is 54.4 Å². The number of pyridine rings is 4. The highest BCUT2D eigenvalue weighted by Gasteiger charge is 2.24. The van der Waals surface area contributed by atoms with E-state index in [9.17, 15) is 0 Å². The summed E-state index contributed by atoms with van der Waals surface area (Å²) in [6.07, 6.45) is 3.74. The average molecular weight is 559 g/mol. The van der Waals surface area contributed by atoms with Crippen LogP contribution in [0.1, 0.15) is 0 Å². The zero-order valence-electron chi connectivity index (χ0n) is 23.5. The molecule has 4 aromatic heterocycles. The Balaban J connectivity index is 1.29. The Labute approximate surface area is 252 Å². The molecule has 0 atom stereocenters. The quantitative estimate of drug-likeness (QED) is 0.198. The van der Waals surface area contributed by atoms with Crippen LogP contribution in [0.3, 0.4) is 0 Å². The molecule has 4 nitrogen and oxygen atoms in total. The van der Waals surface area contributed by atoms with Gasteiger partial charge in [-0.1, -0.05) is 72.8 Å². The van der Waals surface area contributed by atoms with Gasteiger partial charge < -0.3 is 0 Å². The molecule has 0 spiro atoms. The Morgan fingerprint density at radius 3 is 1.75 bits per heavy atom. The van der Waals surface area contributed by atoms with Crippen LogP contribution in [0.25, 0.3) is 99.2 Å². The normalized spacial score (nSPS) is 12.1. The van der Waals surface area contributed by atoms with Crippen LogP contribution >= 0.6 is 0 Å². The van der Waals surface area contributed by atoms with Crippen molar-refractivity contribution in [3.05, 3.63) is 134 Å². The fraction of sp³-hybridized carbons (Fsp3) is 0. The first-order chi connectivity index (χ1) is 21.8. The minimum Gasteiger partial charge on any atom is -0.256 e. The van der Waals surface area contributed by atoms with Crippen molar-refractivity contribution < 1.29 is 0 Å². The van der Waals surface area contributed by atoms with Gasteiger partial charge in [-0.05, 0) is 70.8 Å². The maximum atomic E-state index is 5.26. The van der Waals surface area contributed by atoms with Gasteiger partial charge in [-0.2, -0.15) is 0 Å². The van der Waals surface area contributed by atoms with Gasteiger partial charge in [-0.15, -0.1) is 0 Å². The lowest BCUT2D eigenvalue weighted by Crippen LogP contribution is -1.94. The minimum atomic E-state index is 0.922. The average Bonchev–Trinajstić information content (AvgIpc) is 3.42. The summed E-state index contributed by atoms with van der Waals surface area (Å²) in [6.45, 7) is 0. The van der Waals surface area contributed by atoms with E-state index in [0.717, 1.165) is 71.5 Å². The van der Waals surface area contributed by atoms with Crippen molar-refractivity contribution in [3.8, 4) is 44.8 Å². The largest absolute Gasteiger partial charge is 0.256 e. The maximum Gasteiger partial charge on any atom is 0.0788 e. The van der Waals surface area contributed by atoms with E-state index < -0.39 is 0 Å². The second-order valence-corrected chi connectivity index (χ2v) is 11.4. The van der Waals surface area contributed by atoms with Crippen LogP contribution in [0.2, 0.25) is 0 Å². The molecule has 0 bridgehead atoms. The molecule has 1 aliphatic carbocycles. The van der Waals surface area contributed by atoms with E-state index >= 15 is 0 Å². The zero-order valence-corrected chi connectivity index (χ0v) is 23.5. The number of aromatic nitrogens is 4. The highest BCUT2D eigenvalue weighted by molar-refractivity contribution is 6.22. The third kappa shape index (κ3) is 3.22. The Bertz CT molecular complexity index is 2670. The Hall–Kier alpha value is -6.00. The fourth-order valence-electron chi connectivity index (χ4n) is 7.12. The van der Waals surface area contributed by atoms with Gasteiger partial charge in [0.1, 0.15) is 0 Å². The second-order valence-electron chi connectivity index (χ2n) is 11.4. The molecule has 0 radical (unpaired) electrons. The number of fused-ring (bicyclic) bond motifs is 9. The minimum absolute atomic E-state index is 0.922. The van der Waals surface area contributed by atoms with Gasteiger partial charge >= 0.3 is 0 Å². The first-order valence-electron chi connectivity index (χ1n) is 14.8. The number of para-hydroxylation sites is 1. The lowest BCUT2D eigenvalue weighted by molar-refractivity contribution is 1.38. The topological polar surface area (TPSA) is 51.6 Å². The van der Waals surface area contributed by atoms with Crippen molar-refractivity contribution in [3.63, 3.8) is 0 Å². The Morgan fingerprint density at radius 2 is 0.977 bits per heavy atom. The van der Waals surface area contributed by atoms with Crippen LogP contribution in [-0.2, 0) is 0 Å². The highest BCUT2D eigenvalue weighted by atomic mass is 14.7. The summed E-state index contributed by atoms with van der Waals surface area (Å²) < 4.78 is 0. The molecular formula is C40H22N4. The Kier molecular flexibility index (Phi) is 4.69. The highest BCUT2D eigenvalue weighted by Crippen LogP contribution is 2.48. The monoisotopic (exact) mass is 558 g/mol. The summed E-state index contributed by atoms with van der Waals surface area (Å²) >= 11 is 0. The van der Waals surface area contributed by atoms with Gasteiger partial charge in [0.25, 0.3) is 0 Å². The van der Waals surface area contributed by atoms with E-state index in [2.05, 4.69) is 97.1 Å². The first kappa shape index (κ1) is 23.6. The zero-order chi connectivity index (χ0) is 28.8. The molecule has 0 saturated carbocycles. The van der Waals surface area contributed by atoms with E-state index in [1.807, 2.05) is 36.7 Å². The first-order valence-corrected chi connectivity index (χ1v) is 14.8. The van der Waals surface area contributed by atoms with Crippen LogP contribution in [0.15, 0.2) is 134 Å².